The Hall–Kier alpha value is -1.90. The SMILES string of the molecule is COc1ccc2c(C)c(O)ccc2c1OC. The van der Waals surface area contributed by atoms with Crippen LogP contribution in [0.2, 0.25) is 0 Å². The number of benzene rings is 2. The van der Waals surface area contributed by atoms with Crippen molar-refractivity contribution in [3.63, 3.8) is 0 Å². The topological polar surface area (TPSA) is 38.7 Å². The number of aryl methyl sites for hydroxylation is 1. The first-order chi connectivity index (χ1) is 7.69. The van der Waals surface area contributed by atoms with Crippen molar-refractivity contribution in [3.8, 4) is 17.2 Å². The number of ether oxygens (including phenoxy) is 2. The van der Waals surface area contributed by atoms with Crippen LogP contribution in [0, 0.1) is 6.92 Å². The summed E-state index contributed by atoms with van der Waals surface area (Å²) in [5, 5.41) is 11.5. The van der Waals surface area contributed by atoms with Crippen LogP contribution in [0.25, 0.3) is 10.8 Å². The maximum atomic E-state index is 9.64. The van der Waals surface area contributed by atoms with E-state index in [0.29, 0.717) is 17.2 Å². The first-order valence-electron chi connectivity index (χ1n) is 5.02. The molecule has 2 aromatic rings. The van der Waals surface area contributed by atoms with E-state index < -0.39 is 0 Å². The maximum Gasteiger partial charge on any atom is 0.168 e. The van der Waals surface area contributed by atoms with E-state index in [1.807, 2.05) is 25.1 Å². The van der Waals surface area contributed by atoms with Crippen molar-refractivity contribution >= 4 is 10.8 Å². The van der Waals surface area contributed by atoms with Crippen LogP contribution >= 0.6 is 0 Å². The molecule has 0 atom stereocenters. The highest BCUT2D eigenvalue weighted by atomic mass is 16.5. The molecular weight excluding hydrogens is 204 g/mol. The van der Waals surface area contributed by atoms with Crippen molar-refractivity contribution in [3.05, 3.63) is 29.8 Å². The first kappa shape index (κ1) is 10.6. The summed E-state index contributed by atoms with van der Waals surface area (Å²) in [4.78, 5) is 0. The third kappa shape index (κ3) is 1.45. The average molecular weight is 218 g/mol. The van der Waals surface area contributed by atoms with Crippen molar-refractivity contribution in [1.82, 2.24) is 0 Å². The highest BCUT2D eigenvalue weighted by molar-refractivity contribution is 5.94. The molecule has 3 heteroatoms. The van der Waals surface area contributed by atoms with Gasteiger partial charge in [-0.3, -0.25) is 0 Å². The molecule has 16 heavy (non-hydrogen) atoms. The van der Waals surface area contributed by atoms with Gasteiger partial charge < -0.3 is 14.6 Å². The number of rotatable bonds is 2. The summed E-state index contributed by atoms with van der Waals surface area (Å²) in [6.45, 7) is 1.88. The fourth-order valence-electron chi connectivity index (χ4n) is 1.87. The molecule has 0 unspecified atom stereocenters. The van der Waals surface area contributed by atoms with E-state index in [1.54, 1.807) is 20.3 Å². The zero-order valence-corrected chi connectivity index (χ0v) is 9.57. The fourth-order valence-corrected chi connectivity index (χ4v) is 1.87. The molecule has 0 aromatic heterocycles. The van der Waals surface area contributed by atoms with Crippen molar-refractivity contribution in [2.75, 3.05) is 14.2 Å². The lowest BCUT2D eigenvalue weighted by molar-refractivity contribution is 0.358. The van der Waals surface area contributed by atoms with Gasteiger partial charge in [0.2, 0.25) is 0 Å². The van der Waals surface area contributed by atoms with Gasteiger partial charge in [0.15, 0.2) is 11.5 Å². The van der Waals surface area contributed by atoms with Crippen LogP contribution in [-0.2, 0) is 0 Å². The molecule has 0 amide bonds. The van der Waals surface area contributed by atoms with E-state index in [9.17, 15) is 5.11 Å². The maximum absolute atomic E-state index is 9.64. The summed E-state index contributed by atoms with van der Waals surface area (Å²) < 4.78 is 10.6. The summed E-state index contributed by atoms with van der Waals surface area (Å²) in [5.41, 5.74) is 0.846. The normalized spacial score (nSPS) is 10.4. The number of fused-ring (bicyclic) bond motifs is 1. The molecule has 0 saturated carbocycles. The quantitative estimate of drug-likeness (QED) is 0.842. The monoisotopic (exact) mass is 218 g/mol. The van der Waals surface area contributed by atoms with E-state index in [1.165, 1.54) is 0 Å². The standard InChI is InChI=1S/C13H14O3/c1-8-9-5-7-12(15-2)13(16-3)10(9)4-6-11(8)14/h4-7,14H,1-3H3. The second kappa shape index (κ2) is 3.93. The van der Waals surface area contributed by atoms with E-state index in [2.05, 4.69) is 0 Å². The van der Waals surface area contributed by atoms with Crippen molar-refractivity contribution in [1.29, 1.82) is 0 Å². The van der Waals surface area contributed by atoms with Crippen LogP contribution in [0.4, 0.5) is 0 Å². The first-order valence-corrected chi connectivity index (χ1v) is 5.02. The number of phenolic OH excluding ortho intramolecular Hbond substituents is 1. The highest BCUT2D eigenvalue weighted by Crippen LogP contribution is 2.38. The van der Waals surface area contributed by atoms with Crippen LogP contribution in [0.3, 0.4) is 0 Å². The Bertz CT molecular complexity index is 532. The summed E-state index contributed by atoms with van der Waals surface area (Å²) in [7, 11) is 3.22. The second-order valence-corrected chi connectivity index (χ2v) is 3.61. The lowest BCUT2D eigenvalue weighted by Crippen LogP contribution is -1.92. The van der Waals surface area contributed by atoms with E-state index in [4.69, 9.17) is 9.47 Å². The Morgan fingerprint density at radius 2 is 1.62 bits per heavy atom. The average Bonchev–Trinajstić information content (AvgIpc) is 2.32. The van der Waals surface area contributed by atoms with Gasteiger partial charge in [-0.2, -0.15) is 0 Å². The number of hydrogen-bond donors (Lipinski definition) is 1. The molecule has 2 rings (SSSR count). The van der Waals surface area contributed by atoms with Gasteiger partial charge in [-0.1, -0.05) is 6.07 Å². The Morgan fingerprint density at radius 3 is 2.25 bits per heavy atom. The molecule has 0 spiro atoms. The third-order valence-corrected chi connectivity index (χ3v) is 2.78. The Kier molecular flexibility index (Phi) is 2.60. The molecule has 0 fully saturated rings. The largest absolute Gasteiger partial charge is 0.508 e. The molecule has 0 aliphatic carbocycles. The van der Waals surface area contributed by atoms with Gasteiger partial charge in [0.25, 0.3) is 0 Å². The lowest BCUT2D eigenvalue weighted by Gasteiger charge is -2.12. The van der Waals surface area contributed by atoms with Gasteiger partial charge in [-0.15, -0.1) is 0 Å². The van der Waals surface area contributed by atoms with Gasteiger partial charge in [-0.25, -0.2) is 0 Å². The molecule has 1 N–H and O–H groups in total. The van der Waals surface area contributed by atoms with Gasteiger partial charge in [0.1, 0.15) is 5.75 Å². The van der Waals surface area contributed by atoms with Gasteiger partial charge >= 0.3 is 0 Å². The van der Waals surface area contributed by atoms with Crippen LogP contribution in [0.1, 0.15) is 5.56 Å². The Labute approximate surface area is 94.2 Å². The van der Waals surface area contributed by atoms with E-state index in [-0.39, 0.29) is 0 Å². The molecule has 0 aliphatic rings. The fraction of sp³-hybridized carbons (Fsp3) is 0.231. The smallest absolute Gasteiger partial charge is 0.168 e. The van der Waals surface area contributed by atoms with Gasteiger partial charge in [-0.05, 0) is 36.1 Å². The molecule has 0 aliphatic heterocycles. The van der Waals surface area contributed by atoms with Gasteiger partial charge in [0.05, 0.1) is 14.2 Å². The van der Waals surface area contributed by atoms with E-state index >= 15 is 0 Å². The number of phenols is 1. The van der Waals surface area contributed by atoms with Crippen LogP contribution in [0.5, 0.6) is 17.2 Å². The molecule has 3 nitrogen and oxygen atoms in total. The van der Waals surface area contributed by atoms with Crippen molar-refractivity contribution in [2.24, 2.45) is 0 Å². The molecule has 0 bridgehead atoms. The number of hydrogen-bond acceptors (Lipinski definition) is 3. The van der Waals surface area contributed by atoms with Crippen molar-refractivity contribution < 1.29 is 14.6 Å². The molecule has 2 aromatic carbocycles. The highest BCUT2D eigenvalue weighted by Gasteiger charge is 2.11. The summed E-state index contributed by atoms with van der Waals surface area (Å²) in [6, 6.07) is 7.26. The second-order valence-electron chi connectivity index (χ2n) is 3.61. The van der Waals surface area contributed by atoms with E-state index in [0.717, 1.165) is 16.3 Å². The predicted octanol–water partition coefficient (Wildman–Crippen LogP) is 2.87. The molecule has 0 heterocycles. The minimum absolute atomic E-state index is 0.291. The molecule has 84 valence electrons. The zero-order valence-electron chi connectivity index (χ0n) is 9.57. The minimum atomic E-state index is 0.291. The zero-order chi connectivity index (χ0) is 11.7. The van der Waals surface area contributed by atoms with Crippen LogP contribution in [-0.4, -0.2) is 19.3 Å². The number of aromatic hydroxyl groups is 1. The molecular formula is C13H14O3. The Morgan fingerprint density at radius 1 is 0.938 bits per heavy atom. The lowest BCUT2D eigenvalue weighted by atomic mass is 10.0. The van der Waals surface area contributed by atoms with Gasteiger partial charge in [0, 0.05) is 5.39 Å². The summed E-state index contributed by atoms with van der Waals surface area (Å²) >= 11 is 0. The van der Waals surface area contributed by atoms with Crippen molar-refractivity contribution in [2.45, 2.75) is 6.92 Å². The molecule has 0 radical (unpaired) electrons. The Balaban J connectivity index is 2.84. The summed E-state index contributed by atoms with van der Waals surface area (Å²) in [5.74, 6) is 1.68. The number of methoxy groups -OCH3 is 2. The third-order valence-electron chi connectivity index (χ3n) is 2.78. The van der Waals surface area contributed by atoms with Crippen LogP contribution < -0.4 is 9.47 Å². The predicted molar refractivity (Wildman–Crippen MR) is 63.5 cm³/mol. The minimum Gasteiger partial charge on any atom is -0.508 e. The summed E-state index contributed by atoms with van der Waals surface area (Å²) in [6.07, 6.45) is 0. The van der Waals surface area contributed by atoms with Crippen LogP contribution in [0.15, 0.2) is 24.3 Å². The molecule has 0 saturated heterocycles.